The molecule has 5 nitrogen and oxygen atoms in total. The van der Waals surface area contributed by atoms with Crippen molar-refractivity contribution < 1.29 is 36.2 Å². The van der Waals surface area contributed by atoms with E-state index in [1.807, 2.05) is 0 Å². The first-order chi connectivity index (χ1) is 13.7. The van der Waals surface area contributed by atoms with Crippen LogP contribution in [0.25, 0.3) is 11.4 Å². The summed E-state index contributed by atoms with van der Waals surface area (Å²) < 4.78 is 75.3. The number of benzene rings is 2. The molecule has 3 rings (SSSR count). The summed E-state index contributed by atoms with van der Waals surface area (Å²) in [6.45, 7) is -1.52. The highest BCUT2D eigenvalue weighted by molar-refractivity contribution is 5.92. The van der Waals surface area contributed by atoms with E-state index < -0.39 is 47.1 Å². The van der Waals surface area contributed by atoms with E-state index in [1.54, 1.807) is 6.92 Å². The lowest BCUT2D eigenvalue weighted by Crippen LogP contribution is -2.14. The molecule has 0 aliphatic heterocycles. The minimum atomic E-state index is -3.25. The molecule has 0 amide bonds. The summed E-state index contributed by atoms with van der Waals surface area (Å²) in [5, 5.41) is 0. The van der Waals surface area contributed by atoms with Crippen LogP contribution in [0, 0.1) is 24.4 Å². The molecule has 150 valence electrons. The monoisotopic (exact) mass is 410 g/mol. The Balaban J connectivity index is 1.84. The molecular formula is C19H11F5N2O3. The van der Waals surface area contributed by atoms with Gasteiger partial charge >= 0.3 is 12.6 Å². The first-order valence-corrected chi connectivity index (χ1v) is 7.99. The molecule has 1 aromatic heterocycles. The van der Waals surface area contributed by atoms with Crippen molar-refractivity contribution in [2.24, 2.45) is 0 Å². The number of ether oxygens (including phenoxy) is 2. The SMILES string of the molecule is Cc1cnc(-c2cc(F)c(C(=O)Oc3ccc(OC(F)F)c(F)c3)c(F)c2)nc1. The number of nitrogens with zero attached hydrogens (tertiary/aromatic N) is 2. The van der Waals surface area contributed by atoms with Crippen LogP contribution < -0.4 is 9.47 Å². The summed E-state index contributed by atoms with van der Waals surface area (Å²) in [6.07, 6.45) is 2.91. The Morgan fingerprint density at radius 3 is 2.14 bits per heavy atom. The number of rotatable bonds is 5. The van der Waals surface area contributed by atoms with E-state index in [9.17, 15) is 26.7 Å². The molecule has 0 fully saturated rings. The summed E-state index contributed by atoms with van der Waals surface area (Å²) >= 11 is 0. The fraction of sp³-hybridized carbons (Fsp3) is 0.105. The Kier molecular flexibility index (Phi) is 5.71. The Bertz CT molecular complexity index is 1040. The minimum Gasteiger partial charge on any atom is -0.432 e. The number of hydrogen-bond donors (Lipinski definition) is 0. The van der Waals surface area contributed by atoms with Gasteiger partial charge in [0.2, 0.25) is 0 Å². The zero-order chi connectivity index (χ0) is 21.1. The van der Waals surface area contributed by atoms with Gasteiger partial charge in [-0.2, -0.15) is 8.78 Å². The summed E-state index contributed by atoms with van der Waals surface area (Å²) in [6, 6.07) is 3.99. The van der Waals surface area contributed by atoms with Crippen LogP contribution in [0.4, 0.5) is 22.0 Å². The second-order valence-corrected chi connectivity index (χ2v) is 5.76. The van der Waals surface area contributed by atoms with E-state index in [1.165, 1.54) is 12.4 Å². The van der Waals surface area contributed by atoms with Crippen LogP contribution in [0.2, 0.25) is 0 Å². The van der Waals surface area contributed by atoms with Gasteiger partial charge in [0.15, 0.2) is 17.4 Å². The topological polar surface area (TPSA) is 61.3 Å². The molecule has 0 spiro atoms. The van der Waals surface area contributed by atoms with Gasteiger partial charge in [0.1, 0.15) is 22.9 Å². The number of esters is 1. The van der Waals surface area contributed by atoms with E-state index in [4.69, 9.17) is 4.74 Å². The van der Waals surface area contributed by atoms with Crippen molar-refractivity contribution in [3.05, 3.63) is 71.3 Å². The van der Waals surface area contributed by atoms with Crippen molar-refractivity contribution in [2.75, 3.05) is 0 Å². The van der Waals surface area contributed by atoms with Crippen LogP contribution in [0.1, 0.15) is 15.9 Å². The fourth-order valence-corrected chi connectivity index (χ4v) is 2.33. The summed E-state index contributed by atoms with van der Waals surface area (Å²) in [5.74, 6) is -6.37. The highest BCUT2D eigenvalue weighted by atomic mass is 19.3. The van der Waals surface area contributed by atoms with Crippen LogP contribution in [0.5, 0.6) is 11.5 Å². The molecule has 3 aromatic rings. The molecule has 29 heavy (non-hydrogen) atoms. The molecule has 0 aliphatic rings. The first kappa shape index (κ1) is 20.2. The third-order valence-electron chi connectivity index (χ3n) is 3.62. The molecule has 0 radical (unpaired) electrons. The smallest absolute Gasteiger partial charge is 0.387 e. The quantitative estimate of drug-likeness (QED) is 0.347. The number of aryl methyl sites for hydroxylation is 1. The maximum absolute atomic E-state index is 14.3. The molecule has 0 unspecified atom stereocenters. The number of carbonyl (C=O) groups is 1. The number of hydrogen-bond acceptors (Lipinski definition) is 5. The molecule has 2 aromatic carbocycles. The molecule has 0 saturated carbocycles. The Morgan fingerprint density at radius 2 is 1.59 bits per heavy atom. The summed E-state index contributed by atoms with van der Waals surface area (Å²) in [7, 11) is 0. The van der Waals surface area contributed by atoms with Crippen molar-refractivity contribution in [1.82, 2.24) is 9.97 Å². The van der Waals surface area contributed by atoms with Crippen LogP contribution in [-0.4, -0.2) is 22.5 Å². The molecule has 0 N–H and O–H groups in total. The Labute approximate surface area is 160 Å². The average Bonchev–Trinajstić information content (AvgIpc) is 2.63. The second kappa shape index (κ2) is 8.21. The van der Waals surface area contributed by atoms with Crippen molar-refractivity contribution in [2.45, 2.75) is 13.5 Å². The first-order valence-electron chi connectivity index (χ1n) is 7.99. The van der Waals surface area contributed by atoms with Gasteiger partial charge in [-0.3, -0.25) is 0 Å². The predicted molar refractivity (Wildman–Crippen MR) is 90.1 cm³/mol. The third kappa shape index (κ3) is 4.65. The standard InChI is InChI=1S/C19H11F5N2O3/c1-9-7-25-17(26-8-9)10-4-13(21)16(14(22)5-10)18(27)28-11-2-3-15(12(20)6-11)29-19(23)24/h2-8,19H,1H3. The zero-order valence-electron chi connectivity index (χ0n) is 14.6. The fourth-order valence-electron chi connectivity index (χ4n) is 2.33. The van der Waals surface area contributed by atoms with Crippen molar-refractivity contribution in [1.29, 1.82) is 0 Å². The lowest BCUT2D eigenvalue weighted by molar-refractivity contribution is -0.0522. The summed E-state index contributed by atoms with van der Waals surface area (Å²) in [5.41, 5.74) is -0.280. The van der Waals surface area contributed by atoms with Crippen molar-refractivity contribution >= 4 is 5.97 Å². The molecule has 0 aliphatic carbocycles. The molecule has 10 heteroatoms. The van der Waals surface area contributed by atoms with Gasteiger partial charge in [0.25, 0.3) is 0 Å². The van der Waals surface area contributed by atoms with Crippen LogP contribution in [0.15, 0.2) is 42.7 Å². The number of halogens is 5. The third-order valence-corrected chi connectivity index (χ3v) is 3.62. The maximum atomic E-state index is 14.3. The average molecular weight is 410 g/mol. The highest BCUT2D eigenvalue weighted by Gasteiger charge is 2.22. The summed E-state index contributed by atoms with van der Waals surface area (Å²) in [4.78, 5) is 20.0. The lowest BCUT2D eigenvalue weighted by Gasteiger charge is -2.10. The molecule has 0 atom stereocenters. The van der Waals surface area contributed by atoms with Crippen LogP contribution >= 0.6 is 0 Å². The maximum Gasteiger partial charge on any atom is 0.387 e. The second-order valence-electron chi connectivity index (χ2n) is 5.76. The van der Waals surface area contributed by atoms with Gasteiger partial charge in [-0.25, -0.2) is 27.9 Å². The number of carbonyl (C=O) groups excluding carboxylic acids is 1. The van der Waals surface area contributed by atoms with Crippen LogP contribution in [0.3, 0.4) is 0 Å². The molecule has 1 heterocycles. The van der Waals surface area contributed by atoms with E-state index in [0.717, 1.165) is 29.8 Å². The minimum absolute atomic E-state index is 0.00362. The van der Waals surface area contributed by atoms with Crippen LogP contribution in [-0.2, 0) is 0 Å². The van der Waals surface area contributed by atoms with Gasteiger partial charge in [0, 0.05) is 24.0 Å². The van der Waals surface area contributed by atoms with E-state index in [-0.39, 0.29) is 11.4 Å². The number of alkyl halides is 2. The highest BCUT2D eigenvalue weighted by Crippen LogP contribution is 2.26. The Morgan fingerprint density at radius 1 is 0.966 bits per heavy atom. The number of aromatic nitrogens is 2. The van der Waals surface area contributed by atoms with Gasteiger partial charge in [-0.1, -0.05) is 0 Å². The van der Waals surface area contributed by atoms with E-state index in [2.05, 4.69) is 14.7 Å². The Hall–Kier alpha value is -3.56. The molecule has 0 bridgehead atoms. The van der Waals surface area contributed by atoms with E-state index in [0.29, 0.717) is 6.07 Å². The predicted octanol–water partition coefficient (Wildman–Crippen LogP) is 4.69. The van der Waals surface area contributed by atoms with E-state index >= 15 is 0 Å². The largest absolute Gasteiger partial charge is 0.432 e. The molecular weight excluding hydrogens is 399 g/mol. The van der Waals surface area contributed by atoms with Crippen molar-refractivity contribution in [3.8, 4) is 22.9 Å². The normalized spacial score (nSPS) is 10.9. The van der Waals surface area contributed by atoms with Crippen molar-refractivity contribution in [3.63, 3.8) is 0 Å². The molecule has 0 saturated heterocycles. The lowest BCUT2D eigenvalue weighted by atomic mass is 10.1. The zero-order valence-corrected chi connectivity index (χ0v) is 14.6. The van der Waals surface area contributed by atoms with Gasteiger partial charge in [0.05, 0.1) is 0 Å². The van der Waals surface area contributed by atoms with Gasteiger partial charge in [-0.15, -0.1) is 0 Å². The van der Waals surface area contributed by atoms with Gasteiger partial charge < -0.3 is 9.47 Å². The van der Waals surface area contributed by atoms with Gasteiger partial charge in [-0.05, 0) is 36.8 Å².